The molecule has 1 atom stereocenters. The van der Waals surface area contributed by atoms with Crippen molar-refractivity contribution in [2.75, 3.05) is 12.4 Å². The van der Waals surface area contributed by atoms with Crippen LogP contribution in [0.2, 0.25) is 0 Å². The van der Waals surface area contributed by atoms with E-state index in [1.807, 2.05) is 0 Å². The maximum absolute atomic E-state index is 10.2. The molecule has 0 aliphatic carbocycles. The highest BCUT2D eigenvalue weighted by Crippen LogP contribution is 1.88. The summed E-state index contributed by atoms with van der Waals surface area (Å²) in [6.45, 7) is 1.59. The van der Waals surface area contributed by atoms with Gasteiger partial charge < -0.3 is 9.84 Å². The number of hydrogen-bond acceptors (Lipinski definition) is 4. The molecule has 0 aromatic rings. The van der Waals surface area contributed by atoms with Gasteiger partial charge in [0.1, 0.15) is 18.8 Å². The van der Waals surface area contributed by atoms with E-state index in [1.165, 1.54) is 6.92 Å². The highest BCUT2D eigenvalue weighted by atomic mass is 32.2. The Morgan fingerprint density at radius 2 is 2.15 bits per heavy atom. The topological polar surface area (TPSA) is 83.8 Å². The van der Waals surface area contributed by atoms with E-state index in [4.69, 9.17) is 9.66 Å². The minimum Gasteiger partial charge on any atom is -0.447 e. The second-order valence-electron chi connectivity index (χ2n) is 2.41. The van der Waals surface area contributed by atoms with Crippen LogP contribution in [0.5, 0.6) is 0 Å². The third kappa shape index (κ3) is 11.2. The van der Waals surface area contributed by atoms with Crippen LogP contribution in [0.25, 0.3) is 0 Å². The SMILES string of the molecule is CC(O)C#COCCCS(=O)(=O)O. The first-order valence-electron chi connectivity index (χ1n) is 3.67. The van der Waals surface area contributed by atoms with Crippen LogP contribution >= 0.6 is 0 Å². The lowest BCUT2D eigenvalue weighted by Gasteiger charge is -1.96. The van der Waals surface area contributed by atoms with Crippen LogP contribution in [-0.4, -0.2) is 36.5 Å². The van der Waals surface area contributed by atoms with Gasteiger partial charge in [-0.1, -0.05) is 0 Å². The molecule has 6 heteroatoms. The summed E-state index contributed by atoms with van der Waals surface area (Å²) in [6.07, 6.45) is 1.61. The summed E-state index contributed by atoms with van der Waals surface area (Å²) in [5.41, 5.74) is 0. The Morgan fingerprint density at radius 1 is 1.54 bits per heavy atom. The molecule has 0 fully saturated rings. The first kappa shape index (κ1) is 12.2. The van der Waals surface area contributed by atoms with Gasteiger partial charge in [-0.05, 0) is 19.3 Å². The second kappa shape index (κ2) is 5.80. The van der Waals surface area contributed by atoms with Gasteiger partial charge in [-0.2, -0.15) is 8.42 Å². The normalized spacial score (nSPS) is 12.8. The summed E-state index contributed by atoms with van der Waals surface area (Å²) in [5.74, 6) is 1.97. The molecule has 76 valence electrons. The zero-order chi connectivity index (χ0) is 10.3. The van der Waals surface area contributed by atoms with Crippen molar-refractivity contribution >= 4 is 10.1 Å². The average Bonchev–Trinajstić information content (AvgIpc) is 1.93. The van der Waals surface area contributed by atoms with E-state index in [9.17, 15) is 8.42 Å². The predicted molar refractivity (Wildman–Crippen MR) is 46.4 cm³/mol. The maximum atomic E-state index is 10.2. The summed E-state index contributed by atoms with van der Waals surface area (Å²) >= 11 is 0. The standard InChI is InChI=1S/C7H12O5S/c1-7(8)3-5-12-4-2-6-13(9,10)11/h7-8H,2,4,6H2,1H3,(H,9,10,11). The number of ether oxygens (including phenoxy) is 1. The van der Waals surface area contributed by atoms with Gasteiger partial charge in [0.15, 0.2) is 0 Å². The lowest BCUT2D eigenvalue weighted by Crippen LogP contribution is -2.06. The Morgan fingerprint density at radius 3 is 2.62 bits per heavy atom. The van der Waals surface area contributed by atoms with Crippen molar-refractivity contribution in [3.8, 4) is 12.0 Å². The highest BCUT2D eigenvalue weighted by molar-refractivity contribution is 7.85. The van der Waals surface area contributed by atoms with Crippen LogP contribution in [0.15, 0.2) is 0 Å². The summed E-state index contributed by atoms with van der Waals surface area (Å²) < 4.78 is 33.3. The maximum Gasteiger partial charge on any atom is 0.264 e. The minimum absolute atomic E-state index is 0.111. The fourth-order valence-electron chi connectivity index (χ4n) is 0.491. The van der Waals surface area contributed by atoms with Gasteiger partial charge in [0.05, 0.1) is 5.75 Å². The molecular weight excluding hydrogens is 196 g/mol. The molecule has 0 amide bonds. The molecular formula is C7H12O5S. The molecule has 0 aliphatic rings. The van der Waals surface area contributed by atoms with Crippen LogP contribution in [0.4, 0.5) is 0 Å². The van der Waals surface area contributed by atoms with Gasteiger partial charge in [-0.15, -0.1) is 0 Å². The Bertz CT molecular complexity index is 282. The molecule has 0 radical (unpaired) electrons. The molecule has 5 nitrogen and oxygen atoms in total. The van der Waals surface area contributed by atoms with E-state index in [-0.39, 0.29) is 18.8 Å². The van der Waals surface area contributed by atoms with Crippen LogP contribution < -0.4 is 0 Å². The fourth-order valence-corrected chi connectivity index (χ4v) is 0.974. The zero-order valence-electron chi connectivity index (χ0n) is 7.23. The Kier molecular flexibility index (Phi) is 5.46. The van der Waals surface area contributed by atoms with Crippen molar-refractivity contribution in [1.82, 2.24) is 0 Å². The van der Waals surface area contributed by atoms with Gasteiger partial charge in [0.25, 0.3) is 10.1 Å². The van der Waals surface area contributed by atoms with Gasteiger partial charge in [0.2, 0.25) is 0 Å². The molecule has 0 aliphatic heterocycles. The molecule has 2 N–H and O–H groups in total. The van der Waals surface area contributed by atoms with Crippen molar-refractivity contribution < 1.29 is 22.8 Å². The smallest absolute Gasteiger partial charge is 0.264 e. The summed E-state index contributed by atoms with van der Waals surface area (Å²) in [4.78, 5) is 0. The number of aliphatic hydroxyl groups excluding tert-OH is 1. The molecule has 0 saturated heterocycles. The van der Waals surface area contributed by atoms with Crippen LogP contribution in [0.3, 0.4) is 0 Å². The summed E-state index contributed by atoms with van der Waals surface area (Å²) in [6, 6.07) is 0. The van der Waals surface area contributed by atoms with E-state index < -0.39 is 16.2 Å². The van der Waals surface area contributed by atoms with Crippen LogP contribution in [-0.2, 0) is 14.9 Å². The van der Waals surface area contributed by atoms with Gasteiger partial charge in [-0.3, -0.25) is 4.55 Å². The van der Waals surface area contributed by atoms with Gasteiger partial charge in [-0.25, -0.2) is 0 Å². The summed E-state index contributed by atoms with van der Waals surface area (Å²) in [7, 11) is -3.91. The number of rotatable bonds is 4. The number of aliphatic hydroxyl groups is 1. The molecule has 1 unspecified atom stereocenters. The van der Waals surface area contributed by atoms with Crippen molar-refractivity contribution in [3.05, 3.63) is 0 Å². The third-order valence-electron chi connectivity index (χ3n) is 0.989. The van der Waals surface area contributed by atoms with E-state index in [1.54, 1.807) is 0 Å². The molecule has 0 saturated carbocycles. The Balaban J connectivity index is 3.45. The molecule has 0 bridgehead atoms. The molecule has 0 aromatic heterocycles. The van der Waals surface area contributed by atoms with Crippen LogP contribution in [0.1, 0.15) is 13.3 Å². The predicted octanol–water partition coefficient (Wildman–Crippen LogP) is -0.377. The van der Waals surface area contributed by atoms with Crippen LogP contribution in [0, 0.1) is 12.0 Å². The second-order valence-corrected chi connectivity index (χ2v) is 3.98. The first-order chi connectivity index (χ1) is 5.92. The van der Waals surface area contributed by atoms with E-state index >= 15 is 0 Å². The van der Waals surface area contributed by atoms with E-state index in [2.05, 4.69) is 16.8 Å². The molecule has 0 aromatic carbocycles. The first-order valence-corrected chi connectivity index (χ1v) is 5.28. The Hall–Kier alpha value is -0.770. The third-order valence-corrected chi connectivity index (χ3v) is 1.79. The highest BCUT2D eigenvalue weighted by Gasteiger charge is 2.02. The average molecular weight is 208 g/mol. The van der Waals surface area contributed by atoms with E-state index in [0.29, 0.717) is 0 Å². The largest absolute Gasteiger partial charge is 0.447 e. The van der Waals surface area contributed by atoms with Crippen molar-refractivity contribution in [2.45, 2.75) is 19.4 Å². The number of hydrogen-bond donors (Lipinski definition) is 2. The van der Waals surface area contributed by atoms with Crippen molar-refractivity contribution in [1.29, 1.82) is 0 Å². The van der Waals surface area contributed by atoms with E-state index in [0.717, 1.165) is 0 Å². The molecule has 0 rings (SSSR count). The van der Waals surface area contributed by atoms with Crippen molar-refractivity contribution in [3.63, 3.8) is 0 Å². The molecule has 0 heterocycles. The monoisotopic (exact) mass is 208 g/mol. The lowest BCUT2D eigenvalue weighted by molar-refractivity contribution is 0.244. The molecule has 0 spiro atoms. The lowest BCUT2D eigenvalue weighted by atomic mass is 10.4. The van der Waals surface area contributed by atoms with Crippen molar-refractivity contribution in [2.24, 2.45) is 0 Å². The fraction of sp³-hybridized carbons (Fsp3) is 0.714. The quantitative estimate of drug-likeness (QED) is 0.374. The van der Waals surface area contributed by atoms with Gasteiger partial charge in [0, 0.05) is 0 Å². The molecule has 13 heavy (non-hydrogen) atoms. The zero-order valence-corrected chi connectivity index (χ0v) is 8.04. The Labute approximate surface area is 77.5 Å². The minimum atomic E-state index is -3.91. The van der Waals surface area contributed by atoms with Gasteiger partial charge >= 0.3 is 0 Å². The summed E-state index contributed by atoms with van der Waals surface area (Å²) in [5, 5.41) is 8.65.